The second-order valence-corrected chi connectivity index (χ2v) is 7.58. The first-order valence-corrected chi connectivity index (χ1v) is 9.38. The Balaban J connectivity index is 1.50. The first-order valence-electron chi connectivity index (χ1n) is 7.69. The minimum absolute atomic E-state index is 0.215. The van der Waals surface area contributed by atoms with Crippen molar-refractivity contribution < 1.29 is 4.79 Å². The molecule has 3 aromatic rings. The van der Waals surface area contributed by atoms with Gasteiger partial charge in [0.2, 0.25) is 0 Å². The molecule has 0 saturated carbocycles. The Hall–Kier alpha value is -1.99. The Bertz CT molecular complexity index is 796. The van der Waals surface area contributed by atoms with Gasteiger partial charge in [0.25, 0.3) is 5.91 Å². The van der Waals surface area contributed by atoms with E-state index in [-0.39, 0.29) is 5.91 Å². The van der Waals surface area contributed by atoms with Gasteiger partial charge in [0.05, 0.1) is 16.3 Å². The third-order valence-corrected chi connectivity index (χ3v) is 5.89. The van der Waals surface area contributed by atoms with Gasteiger partial charge < -0.3 is 0 Å². The highest BCUT2D eigenvalue weighted by atomic mass is 32.1. The normalized spacial score (nSPS) is 14.3. The first kappa shape index (κ1) is 14.6. The monoisotopic (exact) mass is 344 g/mol. The summed E-state index contributed by atoms with van der Waals surface area (Å²) >= 11 is 3.21. The molecule has 2 N–H and O–H groups in total. The fraction of sp³-hybridized carbons (Fsp3) is 0.312. The molecule has 0 unspecified atom stereocenters. The summed E-state index contributed by atoms with van der Waals surface area (Å²) in [6.45, 7) is 0. The number of hydrogen-bond acceptors (Lipinski definition) is 5. The van der Waals surface area contributed by atoms with Crippen LogP contribution in [0.4, 0.5) is 5.13 Å². The molecule has 7 heteroatoms. The molecular weight excluding hydrogens is 328 g/mol. The Morgan fingerprint density at radius 3 is 3.04 bits per heavy atom. The fourth-order valence-corrected chi connectivity index (χ4v) is 4.48. The topological polar surface area (TPSA) is 70.7 Å². The van der Waals surface area contributed by atoms with Crippen LogP contribution in [0.3, 0.4) is 0 Å². The number of nitrogens with zero attached hydrogens (tertiary/aromatic N) is 2. The maximum absolute atomic E-state index is 12.4. The molecule has 0 fully saturated rings. The number of anilines is 1. The van der Waals surface area contributed by atoms with Crippen LogP contribution < -0.4 is 5.32 Å². The summed E-state index contributed by atoms with van der Waals surface area (Å²) in [7, 11) is 0. The van der Waals surface area contributed by atoms with Crippen LogP contribution in [-0.2, 0) is 12.8 Å². The number of H-pyrrole nitrogens is 1. The number of carbonyl (C=O) groups is 1. The number of aryl methyl sites for hydroxylation is 2. The Kier molecular flexibility index (Phi) is 3.97. The lowest BCUT2D eigenvalue weighted by Crippen LogP contribution is -2.12. The van der Waals surface area contributed by atoms with Crippen LogP contribution in [0.2, 0.25) is 0 Å². The minimum atomic E-state index is -0.215. The van der Waals surface area contributed by atoms with E-state index in [0.717, 1.165) is 29.1 Å². The molecule has 5 nitrogen and oxygen atoms in total. The molecule has 0 saturated heterocycles. The summed E-state index contributed by atoms with van der Waals surface area (Å²) in [6.07, 6.45) is 5.77. The van der Waals surface area contributed by atoms with Crippen LogP contribution >= 0.6 is 22.7 Å². The van der Waals surface area contributed by atoms with Gasteiger partial charge in [0, 0.05) is 4.88 Å². The number of nitrogens with one attached hydrogen (secondary N) is 2. The molecule has 0 spiro atoms. The van der Waals surface area contributed by atoms with Gasteiger partial charge in [-0.05, 0) is 43.2 Å². The predicted molar refractivity (Wildman–Crippen MR) is 93.2 cm³/mol. The highest BCUT2D eigenvalue weighted by molar-refractivity contribution is 7.16. The Morgan fingerprint density at radius 2 is 2.17 bits per heavy atom. The summed E-state index contributed by atoms with van der Waals surface area (Å²) < 4.78 is 0. The molecule has 1 aliphatic rings. The minimum Gasteiger partial charge on any atom is -0.296 e. The number of fused-ring (bicyclic) bond motifs is 1. The third kappa shape index (κ3) is 3.07. The molecule has 118 valence electrons. The SMILES string of the molecule is O=C(Nc1nc2c(s1)CCCCC2)c1cc(-c2cccs2)[nH]n1. The van der Waals surface area contributed by atoms with E-state index in [0.29, 0.717) is 10.8 Å². The van der Waals surface area contributed by atoms with Gasteiger partial charge in [-0.3, -0.25) is 15.2 Å². The van der Waals surface area contributed by atoms with Crippen molar-refractivity contribution in [2.45, 2.75) is 32.1 Å². The lowest BCUT2D eigenvalue weighted by Gasteiger charge is -1.97. The molecule has 0 aliphatic heterocycles. The van der Waals surface area contributed by atoms with E-state index >= 15 is 0 Å². The van der Waals surface area contributed by atoms with Crippen LogP contribution in [0.15, 0.2) is 23.6 Å². The summed E-state index contributed by atoms with van der Waals surface area (Å²) in [6, 6.07) is 5.75. The predicted octanol–water partition coefficient (Wildman–Crippen LogP) is 4.12. The van der Waals surface area contributed by atoms with Crippen molar-refractivity contribution in [2.75, 3.05) is 5.32 Å². The van der Waals surface area contributed by atoms with Gasteiger partial charge in [-0.2, -0.15) is 5.10 Å². The molecule has 0 aromatic carbocycles. The number of carbonyl (C=O) groups excluding carboxylic acids is 1. The van der Waals surface area contributed by atoms with Crippen molar-refractivity contribution in [2.24, 2.45) is 0 Å². The third-order valence-electron chi connectivity index (χ3n) is 3.91. The standard InChI is InChI=1S/C16H16N4OS2/c21-15(12-9-11(19-20-12)13-7-4-8-22-13)18-16-17-10-5-2-1-3-6-14(10)23-16/h4,7-9H,1-3,5-6H2,(H,19,20)(H,17,18,21). The van der Waals surface area contributed by atoms with Crippen molar-refractivity contribution in [1.29, 1.82) is 0 Å². The molecule has 0 bridgehead atoms. The highest BCUT2D eigenvalue weighted by Gasteiger charge is 2.17. The van der Waals surface area contributed by atoms with E-state index in [1.54, 1.807) is 28.7 Å². The maximum Gasteiger partial charge on any atom is 0.277 e. The lowest BCUT2D eigenvalue weighted by atomic mass is 10.2. The second-order valence-electron chi connectivity index (χ2n) is 5.55. The largest absolute Gasteiger partial charge is 0.296 e. The van der Waals surface area contributed by atoms with Crippen LogP contribution in [0.1, 0.15) is 40.3 Å². The van der Waals surface area contributed by atoms with Gasteiger partial charge in [0.15, 0.2) is 10.8 Å². The zero-order chi connectivity index (χ0) is 15.6. The first-order chi connectivity index (χ1) is 11.3. The van der Waals surface area contributed by atoms with Gasteiger partial charge in [0.1, 0.15) is 0 Å². The van der Waals surface area contributed by atoms with E-state index < -0.39 is 0 Å². The van der Waals surface area contributed by atoms with Crippen LogP contribution in [0.25, 0.3) is 10.6 Å². The van der Waals surface area contributed by atoms with Gasteiger partial charge >= 0.3 is 0 Å². The number of amides is 1. The Morgan fingerprint density at radius 1 is 1.26 bits per heavy atom. The van der Waals surface area contributed by atoms with E-state index in [1.165, 1.54) is 24.1 Å². The van der Waals surface area contributed by atoms with Crippen molar-refractivity contribution >= 4 is 33.7 Å². The number of thiophene rings is 1. The van der Waals surface area contributed by atoms with Crippen molar-refractivity contribution in [3.05, 3.63) is 39.8 Å². The van der Waals surface area contributed by atoms with Crippen molar-refractivity contribution in [3.63, 3.8) is 0 Å². The Labute approximate surface area is 141 Å². The molecule has 1 amide bonds. The molecule has 23 heavy (non-hydrogen) atoms. The van der Waals surface area contributed by atoms with Gasteiger partial charge in [-0.15, -0.1) is 22.7 Å². The van der Waals surface area contributed by atoms with E-state index in [2.05, 4.69) is 20.5 Å². The average molecular weight is 344 g/mol. The molecule has 3 aromatic heterocycles. The van der Waals surface area contributed by atoms with E-state index in [1.807, 2.05) is 17.5 Å². The number of aromatic amines is 1. The summed E-state index contributed by atoms with van der Waals surface area (Å²) in [4.78, 5) is 19.3. The van der Waals surface area contributed by atoms with E-state index in [9.17, 15) is 4.79 Å². The van der Waals surface area contributed by atoms with Gasteiger partial charge in [-0.25, -0.2) is 4.98 Å². The maximum atomic E-state index is 12.4. The quantitative estimate of drug-likeness (QED) is 0.702. The molecule has 0 radical (unpaired) electrons. The number of hydrogen-bond donors (Lipinski definition) is 2. The summed E-state index contributed by atoms with van der Waals surface area (Å²) in [5.74, 6) is -0.215. The molecular formula is C16H16N4OS2. The smallest absolute Gasteiger partial charge is 0.277 e. The molecule has 4 rings (SSSR count). The zero-order valence-electron chi connectivity index (χ0n) is 12.5. The average Bonchev–Trinajstić information content (AvgIpc) is 3.26. The van der Waals surface area contributed by atoms with Gasteiger partial charge in [-0.1, -0.05) is 12.5 Å². The second kappa shape index (κ2) is 6.25. The highest BCUT2D eigenvalue weighted by Crippen LogP contribution is 2.29. The molecule has 3 heterocycles. The molecule has 0 atom stereocenters. The van der Waals surface area contributed by atoms with Crippen LogP contribution in [0.5, 0.6) is 0 Å². The summed E-state index contributed by atoms with van der Waals surface area (Å²) in [5, 5.41) is 12.6. The number of rotatable bonds is 3. The van der Waals surface area contributed by atoms with E-state index in [4.69, 9.17) is 0 Å². The summed E-state index contributed by atoms with van der Waals surface area (Å²) in [5.41, 5.74) is 2.41. The lowest BCUT2D eigenvalue weighted by molar-refractivity contribution is 0.102. The molecule has 1 aliphatic carbocycles. The number of aromatic nitrogens is 3. The van der Waals surface area contributed by atoms with Crippen molar-refractivity contribution in [3.8, 4) is 10.6 Å². The fourth-order valence-electron chi connectivity index (χ4n) is 2.74. The van der Waals surface area contributed by atoms with Crippen LogP contribution in [0, 0.1) is 0 Å². The van der Waals surface area contributed by atoms with Crippen LogP contribution in [-0.4, -0.2) is 21.1 Å². The van der Waals surface area contributed by atoms with Crippen molar-refractivity contribution in [1.82, 2.24) is 15.2 Å². The number of thiazole rings is 1. The zero-order valence-corrected chi connectivity index (χ0v) is 14.1.